The van der Waals surface area contributed by atoms with E-state index in [-0.39, 0.29) is 12.5 Å². The number of carbonyl (C=O) groups excluding carboxylic acids is 3. The lowest BCUT2D eigenvalue weighted by atomic mass is 10.1. The van der Waals surface area contributed by atoms with Crippen LogP contribution in [0.1, 0.15) is 11.8 Å². The zero-order valence-electron chi connectivity index (χ0n) is 14.0. The molecule has 1 fully saturated rings. The summed E-state index contributed by atoms with van der Waals surface area (Å²) in [7, 11) is 2.95. The summed E-state index contributed by atoms with van der Waals surface area (Å²) in [5, 5.41) is 5.99. The Labute approximate surface area is 147 Å². The second-order valence-corrected chi connectivity index (χ2v) is 6.57. The molecule has 3 heterocycles. The van der Waals surface area contributed by atoms with Gasteiger partial charge < -0.3 is 0 Å². The fraction of sp³-hybridized carbons (Fsp3) is 0.333. The van der Waals surface area contributed by atoms with E-state index >= 15 is 0 Å². The van der Waals surface area contributed by atoms with Crippen molar-refractivity contribution < 1.29 is 19.0 Å². The number of fused-ring (bicyclic) bond motifs is 1. The molecule has 4 amide bonds. The first-order valence-electron chi connectivity index (χ1n) is 7.49. The molecule has 1 N–H and O–H groups in total. The highest BCUT2D eigenvalue weighted by Gasteiger charge is 2.50. The maximum atomic E-state index is 12.4. The van der Waals surface area contributed by atoms with Gasteiger partial charge in [-0.2, -0.15) is 5.10 Å². The molecule has 9 nitrogen and oxygen atoms in total. The number of hydrogen-bond donors (Lipinski definition) is 1. The van der Waals surface area contributed by atoms with E-state index in [4.69, 9.17) is 0 Å². The fourth-order valence-electron chi connectivity index (χ4n) is 2.56. The van der Waals surface area contributed by atoms with Gasteiger partial charge in [0.25, 0.3) is 30.0 Å². The zero-order chi connectivity index (χ0) is 18.1. The number of thiophene rings is 1. The van der Waals surface area contributed by atoms with Crippen molar-refractivity contribution >= 4 is 47.1 Å². The summed E-state index contributed by atoms with van der Waals surface area (Å²) in [6.45, 7) is 1.70. The molecule has 1 unspecified atom stereocenters. The molecule has 130 valence electrons. The first-order valence-corrected chi connectivity index (χ1v) is 8.37. The monoisotopic (exact) mass is 361 g/mol. The molecular formula is C15H17N6O3S+. The fourth-order valence-corrected chi connectivity index (χ4v) is 3.24. The largest absolute Gasteiger partial charge is 0.333 e. The summed E-state index contributed by atoms with van der Waals surface area (Å²) in [6.07, 6.45) is 1.40. The van der Waals surface area contributed by atoms with Crippen molar-refractivity contribution in [2.24, 2.45) is 10.1 Å². The lowest BCUT2D eigenvalue weighted by Gasteiger charge is -2.30. The Kier molecular flexibility index (Phi) is 4.45. The summed E-state index contributed by atoms with van der Waals surface area (Å²) in [5.41, 5.74) is 3.18. The summed E-state index contributed by atoms with van der Waals surface area (Å²) in [6, 6.07) is 2.59. The standard InChI is InChI=1S/C15H16N6O3S/c1-9(10-5-4-6-25-10)17-18-11(22)7-21-8-16-13-12(21)14(23)20(3)15(24)19(13)2/h4-6,8,12H,7H2,1-3H3/p+1/b17-9-. The minimum Gasteiger partial charge on any atom is -0.269 e. The van der Waals surface area contributed by atoms with Crippen LogP contribution in [0.2, 0.25) is 0 Å². The van der Waals surface area contributed by atoms with Crippen LogP contribution in [0.25, 0.3) is 0 Å². The van der Waals surface area contributed by atoms with Crippen LogP contribution in [0, 0.1) is 0 Å². The average molecular weight is 361 g/mol. The van der Waals surface area contributed by atoms with Crippen molar-refractivity contribution in [3.8, 4) is 0 Å². The number of hydrogen-bond acceptors (Lipinski definition) is 6. The molecule has 0 saturated carbocycles. The third-order valence-corrected chi connectivity index (χ3v) is 4.93. The first-order chi connectivity index (χ1) is 11.9. The molecular weight excluding hydrogens is 344 g/mol. The van der Waals surface area contributed by atoms with E-state index in [9.17, 15) is 14.4 Å². The van der Waals surface area contributed by atoms with Crippen LogP contribution >= 0.6 is 11.3 Å². The minimum absolute atomic E-state index is 0.0967. The van der Waals surface area contributed by atoms with Crippen LogP contribution in [-0.4, -0.2) is 76.8 Å². The lowest BCUT2D eigenvalue weighted by Crippen LogP contribution is -2.62. The zero-order valence-corrected chi connectivity index (χ0v) is 14.8. The van der Waals surface area contributed by atoms with Crippen LogP contribution in [0.5, 0.6) is 0 Å². The number of hydrazone groups is 1. The molecule has 3 rings (SSSR count). The summed E-state index contributed by atoms with van der Waals surface area (Å²) in [4.78, 5) is 43.8. The molecule has 10 heteroatoms. The van der Waals surface area contributed by atoms with E-state index in [1.807, 2.05) is 17.5 Å². The van der Waals surface area contributed by atoms with Crippen molar-refractivity contribution in [3.63, 3.8) is 0 Å². The van der Waals surface area contributed by atoms with Gasteiger partial charge >= 0.3 is 6.03 Å². The van der Waals surface area contributed by atoms with E-state index in [1.54, 1.807) is 14.0 Å². The molecule has 1 saturated heterocycles. The minimum atomic E-state index is -0.777. The molecule has 2 aliphatic rings. The highest BCUT2D eigenvalue weighted by atomic mass is 32.1. The quantitative estimate of drug-likeness (QED) is 0.462. The number of aliphatic imine (C=N–C) groups is 1. The smallest absolute Gasteiger partial charge is 0.269 e. The molecule has 25 heavy (non-hydrogen) atoms. The number of urea groups is 1. The van der Waals surface area contributed by atoms with Crippen molar-refractivity contribution in [3.05, 3.63) is 22.4 Å². The van der Waals surface area contributed by atoms with Gasteiger partial charge in [-0.1, -0.05) is 6.07 Å². The first kappa shape index (κ1) is 17.0. The highest BCUT2D eigenvalue weighted by Crippen LogP contribution is 2.16. The normalized spacial score (nSPS) is 20.4. The van der Waals surface area contributed by atoms with Crippen LogP contribution in [0.4, 0.5) is 4.79 Å². The average Bonchev–Trinajstić information content (AvgIpc) is 3.26. The SMILES string of the molecule is C/C(=N/NC(=O)C[N+]1=CN=C2C1C(=O)N(C)C(=O)N2C)c1cccs1. The van der Waals surface area contributed by atoms with Gasteiger partial charge in [0.1, 0.15) is 0 Å². The number of imide groups is 1. The molecule has 0 aliphatic carbocycles. The second kappa shape index (κ2) is 6.55. The number of rotatable bonds is 4. The van der Waals surface area contributed by atoms with Crippen molar-refractivity contribution in [2.45, 2.75) is 13.0 Å². The number of nitrogens with zero attached hydrogens (tertiary/aromatic N) is 5. The Morgan fingerprint density at radius 3 is 2.84 bits per heavy atom. The lowest BCUT2D eigenvalue weighted by molar-refractivity contribution is -0.519. The predicted molar refractivity (Wildman–Crippen MR) is 93.0 cm³/mol. The summed E-state index contributed by atoms with van der Waals surface area (Å²) in [5.74, 6) is -0.473. The Morgan fingerprint density at radius 1 is 1.40 bits per heavy atom. The molecule has 2 aliphatic heterocycles. The van der Waals surface area contributed by atoms with Gasteiger partial charge in [-0.15, -0.1) is 11.3 Å². The third kappa shape index (κ3) is 3.07. The van der Waals surface area contributed by atoms with Gasteiger partial charge in [-0.05, 0) is 23.4 Å². The van der Waals surface area contributed by atoms with Gasteiger partial charge in [0, 0.05) is 19.0 Å². The molecule has 1 atom stereocenters. The van der Waals surface area contributed by atoms with E-state index < -0.39 is 18.0 Å². The maximum absolute atomic E-state index is 12.4. The number of carbonyl (C=O) groups is 3. The number of amidine groups is 1. The van der Waals surface area contributed by atoms with E-state index in [2.05, 4.69) is 15.5 Å². The van der Waals surface area contributed by atoms with E-state index in [1.165, 1.54) is 34.2 Å². The van der Waals surface area contributed by atoms with Crippen LogP contribution in [-0.2, 0) is 9.59 Å². The Morgan fingerprint density at radius 2 is 2.16 bits per heavy atom. The van der Waals surface area contributed by atoms with Gasteiger partial charge in [0.15, 0.2) is 6.54 Å². The third-order valence-electron chi connectivity index (χ3n) is 3.95. The summed E-state index contributed by atoms with van der Waals surface area (Å²) >= 11 is 1.53. The molecule has 0 spiro atoms. The topological polar surface area (TPSA) is 97.5 Å². The van der Waals surface area contributed by atoms with Crippen molar-refractivity contribution in [2.75, 3.05) is 20.6 Å². The predicted octanol–water partition coefficient (Wildman–Crippen LogP) is -0.0664. The maximum Gasteiger partial charge on any atom is 0.333 e. The summed E-state index contributed by atoms with van der Waals surface area (Å²) < 4.78 is 1.49. The van der Waals surface area contributed by atoms with Gasteiger partial charge in [0.2, 0.25) is 0 Å². The Hall–Kier alpha value is -2.88. The van der Waals surface area contributed by atoms with E-state index in [0.29, 0.717) is 11.5 Å². The molecule has 1 aromatic heterocycles. The van der Waals surface area contributed by atoms with Gasteiger partial charge in [0.05, 0.1) is 5.71 Å². The highest BCUT2D eigenvalue weighted by molar-refractivity contribution is 7.12. The van der Waals surface area contributed by atoms with Crippen molar-refractivity contribution in [1.29, 1.82) is 0 Å². The Balaban J connectivity index is 1.66. The number of nitrogens with one attached hydrogen (secondary N) is 1. The molecule has 0 aromatic carbocycles. The Bertz CT molecular complexity index is 826. The van der Waals surface area contributed by atoms with Gasteiger partial charge in [-0.3, -0.25) is 19.4 Å². The molecule has 0 bridgehead atoms. The number of amides is 4. The molecule has 0 radical (unpaired) electrons. The van der Waals surface area contributed by atoms with Crippen LogP contribution in [0.15, 0.2) is 27.6 Å². The van der Waals surface area contributed by atoms with Crippen LogP contribution in [0.3, 0.4) is 0 Å². The van der Waals surface area contributed by atoms with Gasteiger partial charge in [-0.25, -0.2) is 14.8 Å². The van der Waals surface area contributed by atoms with Crippen LogP contribution < -0.4 is 5.43 Å². The number of likely N-dealkylation sites (N-methyl/N-ethyl adjacent to an activating group) is 2. The second-order valence-electron chi connectivity index (χ2n) is 5.63. The van der Waals surface area contributed by atoms with Crippen molar-refractivity contribution in [1.82, 2.24) is 15.2 Å². The van der Waals surface area contributed by atoms with E-state index in [0.717, 1.165) is 9.78 Å². The molecule has 1 aromatic rings.